The number of Topliss-reactive ketones (excluding diaryl/α,β-unsaturated/α-hetero) is 1. The van der Waals surface area contributed by atoms with Gasteiger partial charge in [0.05, 0.1) is 11.6 Å². The van der Waals surface area contributed by atoms with Crippen LogP contribution >= 0.6 is 0 Å². The molecule has 0 fully saturated rings. The van der Waals surface area contributed by atoms with Crippen LogP contribution in [-0.4, -0.2) is 5.78 Å². The third kappa shape index (κ3) is 1.33. The summed E-state index contributed by atoms with van der Waals surface area (Å²) in [5, 5.41) is 8.66. The Labute approximate surface area is 87.3 Å². The summed E-state index contributed by atoms with van der Waals surface area (Å²) in [7, 11) is 0. The molecule has 0 amide bonds. The molecule has 0 spiro atoms. The minimum absolute atomic E-state index is 0.139. The van der Waals surface area contributed by atoms with Crippen molar-refractivity contribution in [3.8, 4) is 6.07 Å². The fourth-order valence-electron chi connectivity index (χ4n) is 2.09. The van der Waals surface area contributed by atoms with Crippen LogP contribution in [0.2, 0.25) is 0 Å². The van der Waals surface area contributed by atoms with Gasteiger partial charge in [-0.3, -0.25) is 4.79 Å². The fourth-order valence-corrected chi connectivity index (χ4v) is 2.09. The Kier molecular flexibility index (Phi) is 2.08. The number of halogens is 1. The molecule has 0 heterocycles. The van der Waals surface area contributed by atoms with Gasteiger partial charge in [-0.25, -0.2) is 4.39 Å². The van der Waals surface area contributed by atoms with Gasteiger partial charge in [-0.1, -0.05) is 19.1 Å². The Balaban J connectivity index is 2.52. The lowest BCUT2D eigenvalue weighted by Gasteiger charge is -2.16. The van der Waals surface area contributed by atoms with Gasteiger partial charge in [0, 0.05) is 11.8 Å². The predicted octanol–water partition coefficient (Wildman–Crippen LogP) is 2.48. The predicted molar refractivity (Wildman–Crippen MR) is 52.8 cm³/mol. The van der Waals surface area contributed by atoms with Crippen molar-refractivity contribution >= 4 is 5.78 Å². The van der Waals surface area contributed by atoms with Gasteiger partial charge in [-0.05, 0) is 18.1 Å². The molecule has 0 saturated carbocycles. The third-order valence-corrected chi connectivity index (χ3v) is 2.92. The van der Waals surface area contributed by atoms with Crippen LogP contribution in [0.15, 0.2) is 18.2 Å². The van der Waals surface area contributed by atoms with Gasteiger partial charge < -0.3 is 0 Å². The van der Waals surface area contributed by atoms with Crippen molar-refractivity contribution in [1.29, 1.82) is 5.26 Å². The molecule has 1 atom stereocenters. The van der Waals surface area contributed by atoms with Crippen LogP contribution in [-0.2, 0) is 6.42 Å². The molecule has 15 heavy (non-hydrogen) atoms. The molecule has 0 aliphatic heterocycles. The van der Waals surface area contributed by atoms with Gasteiger partial charge in [0.25, 0.3) is 0 Å². The van der Waals surface area contributed by atoms with Crippen molar-refractivity contribution in [3.63, 3.8) is 0 Å². The first-order valence-corrected chi connectivity index (χ1v) is 4.77. The van der Waals surface area contributed by atoms with E-state index in [4.69, 9.17) is 5.26 Å². The zero-order chi connectivity index (χ0) is 11.1. The minimum atomic E-state index is -0.737. The lowest BCUT2D eigenvalue weighted by atomic mass is 9.83. The molecule has 0 saturated heterocycles. The Hall–Kier alpha value is -1.69. The summed E-state index contributed by atoms with van der Waals surface area (Å²) in [6, 6.07) is 6.62. The zero-order valence-electron chi connectivity index (χ0n) is 8.38. The van der Waals surface area contributed by atoms with E-state index < -0.39 is 11.2 Å². The quantitative estimate of drug-likeness (QED) is 0.703. The number of rotatable bonds is 1. The Bertz CT molecular complexity index is 475. The molecule has 3 heteroatoms. The Morgan fingerprint density at radius 2 is 2.33 bits per heavy atom. The van der Waals surface area contributed by atoms with Gasteiger partial charge >= 0.3 is 0 Å². The van der Waals surface area contributed by atoms with E-state index in [0.29, 0.717) is 6.42 Å². The molecule has 1 aromatic carbocycles. The van der Waals surface area contributed by atoms with Gasteiger partial charge in [-0.15, -0.1) is 0 Å². The third-order valence-electron chi connectivity index (χ3n) is 2.92. The molecule has 1 unspecified atom stereocenters. The van der Waals surface area contributed by atoms with E-state index in [1.165, 1.54) is 6.07 Å². The van der Waals surface area contributed by atoms with Crippen LogP contribution in [0.4, 0.5) is 4.39 Å². The van der Waals surface area contributed by atoms with E-state index in [-0.39, 0.29) is 17.8 Å². The minimum Gasteiger partial charge on any atom is -0.293 e. The number of fused-ring (bicyclic) bond motifs is 1. The Morgan fingerprint density at radius 1 is 1.60 bits per heavy atom. The number of carbonyl (C=O) groups excluding carboxylic acids is 1. The van der Waals surface area contributed by atoms with Gasteiger partial charge in [-0.2, -0.15) is 5.26 Å². The SMILES string of the molecule is CC1(CC#N)Cc2cccc(F)c2C1=O. The van der Waals surface area contributed by atoms with Crippen molar-refractivity contribution in [2.24, 2.45) is 5.41 Å². The second-order valence-corrected chi connectivity index (χ2v) is 4.18. The van der Waals surface area contributed by atoms with Gasteiger partial charge in [0.1, 0.15) is 5.82 Å². The van der Waals surface area contributed by atoms with Crippen molar-refractivity contribution in [1.82, 2.24) is 0 Å². The Morgan fingerprint density at radius 3 is 2.93 bits per heavy atom. The average Bonchev–Trinajstić information content (AvgIpc) is 2.41. The molecule has 76 valence electrons. The second-order valence-electron chi connectivity index (χ2n) is 4.18. The largest absolute Gasteiger partial charge is 0.293 e. The number of hydrogen-bond donors (Lipinski definition) is 0. The molecule has 1 aliphatic rings. The average molecular weight is 203 g/mol. The highest BCUT2D eigenvalue weighted by molar-refractivity contribution is 6.05. The van der Waals surface area contributed by atoms with E-state index in [1.807, 2.05) is 6.07 Å². The maximum Gasteiger partial charge on any atom is 0.173 e. The maximum absolute atomic E-state index is 13.4. The topological polar surface area (TPSA) is 40.9 Å². The monoisotopic (exact) mass is 203 g/mol. The maximum atomic E-state index is 13.4. The van der Waals surface area contributed by atoms with Crippen molar-refractivity contribution in [2.45, 2.75) is 19.8 Å². The number of nitriles is 1. The summed E-state index contributed by atoms with van der Waals surface area (Å²) < 4.78 is 13.4. The zero-order valence-corrected chi connectivity index (χ0v) is 8.38. The van der Waals surface area contributed by atoms with Crippen LogP contribution in [0.3, 0.4) is 0 Å². The van der Waals surface area contributed by atoms with E-state index in [1.54, 1.807) is 19.1 Å². The first-order valence-electron chi connectivity index (χ1n) is 4.77. The summed E-state index contributed by atoms with van der Waals surface area (Å²) in [5.41, 5.74) is 0.159. The molecule has 0 aromatic heterocycles. The summed E-state index contributed by atoms with van der Waals surface area (Å²) in [6.45, 7) is 1.72. The van der Waals surface area contributed by atoms with Crippen LogP contribution in [0, 0.1) is 22.6 Å². The highest BCUT2D eigenvalue weighted by atomic mass is 19.1. The molecule has 2 nitrogen and oxygen atoms in total. The first kappa shape index (κ1) is 9.85. The number of hydrogen-bond acceptors (Lipinski definition) is 2. The van der Waals surface area contributed by atoms with Crippen molar-refractivity contribution < 1.29 is 9.18 Å². The molecule has 1 aliphatic carbocycles. The fraction of sp³-hybridized carbons (Fsp3) is 0.333. The number of carbonyl (C=O) groups is 1. The van der Waals surface area contributed by atoms with E-state index in [0.717, 1.165) is 5.56 Å². The number of nitrogens with zero attached hydrogens (tertiary/aromatic N) is 1. The van der Waals surface area contributed by atoms with E-state index in [2.05, 4.69) is 0 Å². The lowest BCUT2D eigenvalue weighted by Crippen LogP contribution is -2.23. The van der Waals surface area contributed by atoms with E-state index in [9.17, 15) is 9.18 Å². The van der Waals surface area contributed by atoms with Crippen LogP contribution in [0.5, 0.6) is 0 Å². The highest BCUT2D eigenvalue weighted by Gasteiger charge is 2.42. The van der Waals surface area contributed by atoms with Gasteiger partial charge in [0.2, 0.25) is 0 Å². The van der Waals surface area contributed by atoms with Gasteiger partial charge in [0.15, 0.2) is 5.78 Å². The molecular formula is C12H10FNO. The molecular weight excluding hydrogens is 193 g/mol. The molecule has 0 bridgehead atoms. The molecule has 2 rings (SSSR count). The van der Waals surface area contributed by atoms with Crippen LogP contribution < -0.4 is 0 Å². The summed E-state index contributed by atoms with van der Waals surface area (Å²) in [6.07, 6.45) is 0.604. The number of ketones is 1. The smallest absolute Gasteiger partial charge is 0.173 e. The van der Waals surface area contributed by atoms with E-state index >= 15 is 0 Å². The van der Waals surface area contributed by atoms with Crippen LogP contribution in [0.1, 0.15) is 29.3 Å². The molecule has 0 N–H and O–H groups in total. The second kappa shape index (κ2) is 3.16. The lowest BCUT2D eigenvalue weighted by molar-refractivity contribution is 0.0844. The van der Waals surface area contributed by atoms with Crippen molar-refractivity contribution in [3.05, 3.63) is 35.1 Å². The molecule has 1 aromatic rings. The summed E-state index contributed by atoms with van der Waals surface area (Å²) in [4.78, 5) is 11.9. The normalized spacial score (nSPS) is 23.7. The summed E-state index contributed by atoms with van der Waals surface area (Å²) >= 11 is 0. The summed E-state index contributed by atoms with van der Waals surface area (Å²) in [5.74, 6) is -0.712. The number of benzene rings is 1. The highest BCUT2D eigenvalue weighted by Crippen LogP contribution is 2.39. The first-order chi connectivity index (χ1) is 7.08. The van der Waals surface area contributed by atoms with Crippen molar-refractivity contribution in [2.75, 3.05) is 0 Å². The van der Waals surface area contributed by atoms with Crippen LogP contribution in [0.25, 0.3) is 0 Å². The molecule has 0 radical (unpaired) electrons. The standard InChI is InChI=1S/C12H10FNO/c1-12(5-6-14)7-8-3-2-4-9(13)10(8)11(12)15/h2-4H,5,7H2,1H3.